The molecule has 1 aromatic carbocycles. The molecular weight excluding hydrogens is 431 g/mol. The summed E-state index contributed by atoms with van der Waals surface area (Å²) < 4.78 is 61.8. The van der Waals surface area contributed by atoms with Gasteiger partial charge in [-0.3, -0.25) is 9.52 Å². The third-order valence-electron chi connectivity index (χ3n) is 5.19. The molecule has 31 heavy (non-hydrogen) atoms. The monoisotopic (exact) mass is 455 g/mol. The summed E-state index contributed by atoms with van der Waals surface area (Å²) in [5, 5.41) is 0. The van der Waals surface area contributed by atoms with Crippen LogP contribution in [0.3, 0.4) is 0 Å². The molecule has 1 atom stereocenters. The Bertz CT molecular complexity index is 1010. The lowest BCUT2D eigenvalue weighted by Crippen LogP contribution is -2.43. The molecule has 1 heterocycles. The van der Waals surface area contributed by atoms with Crippen molar-refractivity contribution in [3.63, 3.8) is 0 Å². The second-order valence-electron chi connectivity index (χ2n) is 7.51. The Morgan fingerprint density at radius 3 is 2.42 bits per heavy atom. The lowest BCUT2D eigenvalue weighted by atomic mass is 9.98. The molecule has 0 spiro atoms. The molecule has 0 radical (unpaired) electrons. The van der Waals surface area contributed by atoms with Crippen LogP contribution in [0, 0.1) is 0 Å². The second kappa shape index (κ2) is 9.27. The van der Waals surface area contributed by atoms with Gasteiger partial charge in [0.2, 0.25) is 5.91 Å². The van der Waals surface area contributed by atoms with E-state index < -0.39 is 21.6 Å². The number of carbonyl (C=O) groups is 1. The number of sulfonamides is 1. The molecule has 6 nitrogen and oxygen atoms in total. The van der Waals surface area contributed by atoms with Crippen LogP contribution in [0.25, 0.3) is 5.57 Å². The summed E-state index contributed by atoms with van der Waals surface area (Å²) in [5.74, 6) is -0.0443. The average Bonchev–Trinajstić information content (AvgIpc) is 3.14. The first-order valence-corrected chi connectivity index (χ1v) is 11.4. The van der Waals surface area contributed by atoms with E-state index in [1.165, 1.54) is 18.2 Å². The molecule has 0 bridgehead atoms. The average molecular weight is 456 g/mol. The molecule has 10 heteroatoms. The largest absolute Gasteiger partial charge is 0.516 e. The van der Waals surface area contributed by atoms with Crippen molar-refractivity contribution >= 4 is 21.5 Å². The summed E-state index contributed by atoms with van der Waals surface area (Å²) in [5.41, 5.74) is 3.10. The summed E-state index contributed by atoms with van der Waals surface area (Å²) in [6.07, 6.45) is 8.53. The molecule has 1 aliphatic heterocycles. The predicted octanol–water partition coefficient (Wildman–Crippen LogP) is 2.85. The number of hydrogen-bond donors (Lipinski definition) is 2. The number of alkyl halides is 3. The number of amides is 1. The number of likely N-dealkylation sites (tertiary alicyclic amines) is 1. The highest BCUT2D eigenvalue weighted by Crippen LogP contribution is 2.26. The van der Waals surface area contributed by atoms with Gasteiger partial charge in [-0.25, -0.2) is 0 Å². The van der Waals surface area contributed by atoms with E-state index in [2.05, 4.69) is 0 Å². The Morgan fingerprint density at radius 2 is 1.81 bits per heavy atom. The van der Waals surface area contributed by atoms with Crippen LogP contribution in [0.15, 0.2) is 54.3 Å². The number of rotatable bonds is 6. The first kappa shape index (κ1) is 23.1. The summed E-state index contributed by atoms with van der Waals surface area (Å²) in [6.45, 7) is 1.50. The maximum atomic E-state index is 12.5. The van der Waals surface area contributed by atoms with Crippen molar-refractivity contribution in [2.24, 2.45) is 5.73 Å². The van der Waals surface area contributed by atoms with Gasteiger partial charge in [-0.1, -0.05) is 42.5 Å². The van der Waals surface area contributed by atoms with Crippen molar-refractivity contribution in [3.05, 3.63) is 65.4 Å². The SMILES string of the molecule is N[C@@H](Cc1ccc(C2=CC=CC(NS(=O)(=O)C(F)(F)F)=CC2)cc1)C(=O)N1CCCC1. The van der Waals surface area contributed by atoms with E-state index in [1.54, 1.807) is 15.7 Å². The molecule has 3 rings (SSSR count). The number of allylic oxidation sites excluding steroid dienone is 5. The molecule has 0 unspecified atom stereocenters. The highest BCUT2D eigenvalue weighted by Gasteiger charge is 2.46. The van der Waals surface area contributed by atoms with Crippen molar-refractivity contribution < 1.29 is 26.4 Å². The summed E-state index contributed by atoms with van der Waals surface area (Å²) >= 11 is 0. The quantitative estimate of drug-likeness (QED) is 0.690. The van der Waals surface area contributed by atoms with E-state index in [4.69, 9.17) is 5.73 Å². The van der Waals surface area contributed by atoms with Gasteiger partial charge < -0.3 is 10.6 Å². The number of benzene rings is 1. The van der Waals surface area contributed by atoms with Crippen molar-refractivity contribution in [1.29, 1.82) is 0 Å². The fraction of sp³-hybridized carbons (Fsp3) is 0.381. The molecule has 1 saturated heterocycles. The molecular formula is C21H24F3N3O3S. The van der Waals surface area contributed by atoms with Gasteiger partial charge in [0, 0.05) is 18.8 Å². The molecule has 1 aliphatic carbocycles. The van der Waals surface area contributed by atoms with Crippen molar-refractivity contribution in [2.45, 2.75) is 37.2 Å². The Labute approximate surface area is 179 Å². The highest BCUT2D eigenvalue weighted by molar-refractivity contribution is 7.90. The van der Waals surface area contributed by atoms with Crippen LogP contribution in [0.1, 0.15) is 30.4 Å². The summed E-state index contributed by atoms with van der Waals surface area (Å²) in [6, 6.07) is 6.82. The van der Waals surface area contributed by atoms with Gasteiger partial charge in [0.15, 0.2) is 0 Å². The summed E-state index contributed by atoms with van der Waals surface area (Å²) in [4.78, 5) is 14.1. The first-order chi connectivity index (χ1) is 14.6. The van der Waals surface area contributed by atoms with Crippen LogP contribution in [0.2, 0.25) is 0 Å². The van der Waals surface area contributed by atoms with E-state index in [1.807, 2.05) is 24.3 Å². The van der Waals surface area contributed by atoms with E-state index in [-0.39, 0.29) is 18.0 Å². The normalized spacial score (nSPS) is 18.3. The molecule has 1 amide bonds. The zero-order valence-corrected chi connectivity index (χ0v) is 17.5. The third kappa shape index (κ3) is 5.76. The number of carbonyl (C=O) groups excluding carboxylic acids is 1. The Kier molecular flexibility index (Phi) is 6.90. The highest BCUT2D eigenvalue weighted by atomic mass is 32.2. The molecule has 1 aromatic rings. The van der Waals surface area contributed by atoms with Gasteiger partial charge in [0.1, 0.15) is 0 Å². The molecule has 2 aliphatic rings. The molecule has 1 fully saturated rings. The molecule has 0 aromatic heterocycles. The number of nitrogens with one attached hydrogen (secondary N) is 1. The maximum Gasteiger partial charge on any atom is 0.516 e. The van der Waals surface area contributed by atoms with Gasteiger partial charge in [-0.05, 0) is 48.5 Å². The van der Waals surface area contributed by atoms with Gasteiger partial charge in [-0.15, -0.1) is 0 Å². The van der Waals surface area contributed by atoms with Crippen molar-refractivity contribution in [3.8, 4) is 0 Å². The second-order valence-corrected chi connectivity index (χ2v) is 9.18. The van der Waals surface area contributed by atoms with Gasteiger partial charge in [0.05, 0.1) is 6.04 Å². The number of hydrogen-bond acceptors (Lipinski definition) is 4. The van der Waals surface area contributed by atoms with Crippen molar-refractivity contribution in [1.82, 2.24) is 9.62 Å². The maximum absolute atomic E-state index is 12.5. The van der Waals surface area contributed by atoms with E-state index in [0.717, 1.165) is 42.6 Å². The fourth-order valence-corrected chi connectivity index (χ4v) is 4.07. The van der Waals surface area contributed by atoms with Gasteiger partial charge in [-0.2, -0.15) is 21.6 Å². The van der Waals surface area contributed by atoms with Crippen LogP contribution in [-0.4, -0.2) is 43.9 Å². The van der Waals surface area contributed by atoms with Crippen LogP contribution in [0.4, 0.5) is 13.2 Å². The number of nitrogens with zero attached hydrogens (tertiary/aromatic N) is 1. The predicted molar refractivity (Wildman–Crippen MR) is 112 cm³/mol. The Balaban J connectivity index is 1.62. The van der Waals surface area contributed by atoms with Crippen molar-refractivity contribution in [2.75, 3.05) is 13.1 Å². The first-order valence-electron chi connectivity index (χ1n) is 9.87. The standard InChI is InChI=1S/C21H24F3N3O3S/c22-21(23,24)31(29,30)26-18-5-3-4-16(10-11-18)17-8-6-15(7-9-17)14-19(25)20(28)27-12-1-2-13-27/h3-9,11,19,26H,1-2,10,12-14,25H2/t19-/m0/s1. The van der Waals surface area contributed by atoms with E-state index in [9.17, 15) is 26.4 Å². The molecule has 3 N–H and O–H groups in total. The molecule has 0 saturated carbocycles. The molecule has 168 valence electrons. The zero-order chi connectivity index (χ0) is 22.6. The number of halogens is 3. The van der Waals surface area contributed by atoms with E-state index in [0.29, 0.717) is 6.42 Å². The van der Waals surface area contributed by atoms with Crippen LogP contribution in [-0.2, 0) is 21.2 Å². The van der Waals surface area contributed by atoms with E-state index >= 15 is 0 Å². The fourth-order valence-electron chi connectivity index (χ4n) is 3.49. The zero-order valence-electron chi connectivity index (χ0n) is 16.7. The lowest BCUT2D eigenvalue weighted by molar-refractivity contribution is -0.131. The van der Waals surface area contributed by atoms with Gasteiger partial charge in [0.25, 0.3) is 0 Å². The van der Waals surface area contributed by atoms with Crippen LogP contribution < -0.4 is 10.5 Å². The summed E-state index contributed by atoms with van der Waals surface area (Å²) in [7, 11) is -5.46. The number of nitrogens with two attached hydrogens (primary N) is 1. The minimum atomic E-state index is -5.46. The lowest BCUT2D eigenvalue weighted by Gasteiger charge is -2.20. The Morgan fingerprint density at radius 1 is 1.16 bits per heavy atom. The Hall–Kier alpha value is -2.59. The van der Waals surface area contributed by atoms with Crippen LogP contribution in [0.5, 0.6) is 0 Å². The minimum absolute atomic E-state index is 0.0443. The topological polar surface area (TPSA) is 92.5 Å². The minimum Gasteiger partial charge on any atom is -0.341 e. The van der Waals surface area contributed by atoms with Gasteiger partial charge >= 0.3 is 15.5 Å². The third-order valence-corrected chi connectivity index (χ3v) is 6.30. The smallest absolute Gasteiger partial charge is 0.341 e. The van der Waals surface area contributed by atoms with Crippen LogP contribution >= 0.6 is 0 Å².